The Balaban J connectivity index is 2.17. The Labute approximate surface area is 135 Å². The fraction of sp³-hybridized carbons (Fsp3) is 0.650. The number of hydrogen-bond acceptors (Lipinski definition) is 2. The quantitative estimate of drug-likeness (QED) is 0.345. The summed E-state index contributed by atoms with van der Waals surface area (Å²) < 4.78 is 5.90. The van der Waals surface area contributed by atoms with Crippen LogP contribution in [0.3, 0.4) is 0 Å². The highest BCUT2D eigenvalue weighted by molar-refractivity contribution is 6.04. The van der Waals surface area contributed by atoms with Crippen molar-refractivity contribution in [3.05, 3.63) is 34.4 Å². The average Bonchev–Trinajstić information content (AvgIpc) is 3.06. The largest absolute Gasteiger partial charge is 0.366 e. The summed E-state index contributed by atoms with van der Waals surface area (Å²) in [4.78, 5) is 12.5. The van der Waals surface area contributed by atoms with E-state index >= 15 is 0 Å². The molecule has 1 fully saturated rings. The van der Waals surface area contributed by atoms with Crippen LogP contribution in [0, 0.1) is 0 Å². The van der Waals surface area contributed by atoms with Gasteiger partial charge in [0.05, 0.1) is 11.7 Å². The Morgan fingerprint density at radius 2 is 1.91 bits per heavy atom. The van der Waals surface area contributed by atoms with Crippen LogP contribution >= 0.6 is 0 Å². The number of epoxide rings is 1. The molecule has 0 bridgehead atoms. The monoisotopic (exact) mass is 302 g/mol. The molecule has 1 saturated heterocycles. The lowest BCUT2D eigenvalue weighted by Gasteiger charge is -2.10. The molecular weight excluding hydrogens is 272 g/mol. The van der Waals surface area contributed by atoms with E-state index in [4.69, 9.17) is 4.74 Å². The van der Waals surface area contributed by atoms with Crippen molar-refractivity contribution in [3.63, 3.8) is 0 Å². The third-order valence-corrected chi connectivity index (χ3v) is 5.02. The minimum atomic E-state index is 0.0657. The molecule has 0 spiro atoms. The summed E-state index contributed by atoms with van der Waals surface area (Å²) in [6.45, 7) is 10.5. The van der Waals surface area contributed by atoms with Crippen molar-refractivity contribution >= 4 is 5.78 Å². The molecule has 0 N–H and O–H groups in total. The molecule has 2 rings (SSSR count). The molecule has 2 nitrogen and oxygen atoms in total. The first-order valence-corrected chi connectivity index (χ1v) is 8.53. The van der Waals surface area contributed by atoms with E-state index in [9.17, 15) is 4.79 Å². The molecule has 22 heavy (non-hydrogen) atoms. The topological polar surface area (TPSA) is 29.6 Å². The van der Waals surface area contributed by atoms with Gasteiger partial charge in [-0.1, -0.05) is 22.8 Å². The molecule has 2 atom stereocenters. The summed E-state index contributed by atoms with van der Waals surface area (Å²) in [5.41, 5.74) is 4.75. The fourth-order valence-corrected chi connectivity index (χ4v) is 3.27. The number of rotatable bonds is 0. The van der Waals surface area contributed by atoms with Gasteiger partial charge >= 0.3 is 0 Å². The molecule has 0 amide bonds. The van der Waals surface area contributed by atoms with Crippen molar-refractivity contribution < 1.29 is 9.53 Å². The molecule has 1 aliphatic heterocycles. The van der Waals surface area contributed by atoms with Crippen LogP contribution in [-0.4, -0.2) is 17.5 Å². The van der Waals surface area contributed by atoms with Crippen LogP contribution in [0.1, 0.15) is 73.1 Å². The zero-order valence-corrected chi connectivity index (χ0v) is 14.8. The number of fused-ring (bicyclic) bond motifs is 1. The predicted octanol–water partition coefficient (Wildman–Crippen LogP) is 5.30. The summed E-state index contributed by atoms with van der Waals surface area (Å²) in [6, 6.07) is 0. The lowest BCUT2D eigenvalue weighted by molar-refractivity contribution is -0.111. The van der Waals surface area contributed by atoms with Gasteiger partial charge in [0.2, 0.25) is 0 Å². The minimum Gasteiger partial charge on any atom is -0.366 e. The van der Waals surface area contributed by atoms with E-state index in [1.165, 1.54) is 11.1 Å². The van der Waals surface area contributed by atoms with Gasteiger partial charge in [0.25, 0.3) is 0 Å². The molecule has 1 heterocycles. The Hall–Kier alpha value is -1.15. The molecule has 122 valence electrons. The van der Waals surface area contributed by atoms with Gasteiger partial charge in [-0.05, 0) is 84.8 Å². The van der Waals surface area contributed by atoms with Crippen molar-refractivity contribution in [3.8, 4) is 0 Å². The number of ketones is 1. The first-order chi connectivity index (χ1) is 10.3. The SMILES string of the molecule is CC(C)=C1CC/C(C)=C/CCC2(C)OC2CC/C(C)=C\C1=O. The molecule has 0 radical (unpaired) electrons. The Bertz CT molecular complexity index is 532. The summed E-state index contributed by atoms with van der Waals surface area (Å²) in [5.74, 6) is 0.196. The van der Waals surface area contributed by atoms with Crippen LogP contribution < -0.4 is 0 Å². The number of hydrogen-bond donors (Lipinski definition) is 0. The van der Waals surface area contributed by atoms with Crippen molar-refractivity contribution in [1.29, 1.82) is 0 Å². The Morgan fingerprint density at radius 3 is 2.59 bits per heavy atom. The Morgan fingerprint density at radius 1 is 1.18 bits per heavy atom. The molecule has 1 aliphatic carbocycles. The van der Waals surface area contributed by atoms with E-state index in [0.29, 0.717) is 6.10 Å². The molecule has 2 aliphatic rings. The van der Waals surface area contributed by atoms with E-state index in [1.807, 2.05) is 19.9 Å². The van der Waals surface area contributed by atoms with Gasteiger partial charge in [0.15, 0.2) is 5.78 Å². The van der Waals surface area contributed by atoms with Gasteiger partial charge in [-0.2, -0.15) is 0 Å². The van der Waals surface area contributed by atoms with Crippen LogP contribution in [0.15, 0.2) is 34.4 Å². The molecule has 2 unspecified atom stereocenters. The minimum absolute atomic E-state index is 0.0657. The smallest absolute Gasteiger partial charge is 0.181 e. The maximum absolute atomic E-state index is 12.5. The Kier molecular flexibility index (Phi) is 5.44. The van der Waals surface area contributed by atoms with Crippen LogP contribution in [0.5, 0.6) is 0 Å². The van der Waals surface area contributed by atoms with Gasteiger partial charge in [0, 0.05) is 0 Å². The maximum Gasteiger partial charge on any atom is 0.181 e. The molecule has 0 aromatic rings. The third-order valence-electron chi connectivity index (χ3n) is 5.02. The first-order valence-electron chi connectivity index (χ1n) is 8.53. The normalized spacial score (nSPS) is 35.6. The highest BCUT2D eigenvalue weighted by Crippen LogP contribution is 2.43. The maximum atomic E-state index is 12.5. The molecule has 2 heteroatoms. The van der Waals surface area contributed by atoms with Crippen LogP contribution in [0.2, 0.25) is 0 Å². The molecular formula is C20H30O2. The van der Waals surface area contributed by atoms with Crippen molar-refractivity contribution in [2.75, 3.05) is 0 Å². The van der Waals surface area contributed by atoms with E-state index < -0.39 is 0 Å². The third kappa shape index (κ3) is 4.42. The van der Waals surface area contributed by atoms with Crippen molar-refractivity contribution in [1.82, 2.24) is 0 Å². The molecule has 0 saturated carbocycles. The predicted molar refractivity (Wildman–Crippen MR) is 91.9 cm³/mol. The average molecular weight is 302 g/mol. The standard InChI is InChI=1S/C20H30O2/c1-14(2)17-10-8-15(3)7-6-12-20(5)19(22-20)11-9-16(4)13-18(17)21/h7,13,19H,6,8-12H2,1-5H3/b15-7+,16-13-. The number of carbonyl (C=O) groups is 1. The van der Waals surface area contributed by atoms with E-state index in [0.717, 1.165) is 49.7 Å². The zero-order valence-electron chi connectivity index (χ0n) is 14.8. The second kappa shape index (κ2) is 6.95. The van der Waals surface area contributed by atoms with E-state index in [-0.39, 0.29) is 11.4 Å². The first kappa shape index (κ1) is 17.2. The van der Waals surface area contributed by atoms with Gasteiger partial charge < -0.3 is 4.74 Å². The highest BCUT2D eigenvalue weighted by atomic mass is 16.6. The second-order valence-electron chi connectivity index (χ2n) is 7.38. The molecule has 0 aromatic carbocycles. The van der Waals surface area contributed by atoms with Crippen molar-refractivity contribution in [2.24, 2.45) is 0 Å². The summed E-state index contributed by atoms with van der Waals surface area (Å²) in [6.07, 6.45) is 10.5. The van der Waals surface area contributed by atoms with Gasteiger partial charge in [-0.3, -0.25) is 4.79 Å². The van der Waals surface area contributed by atoms with Crippen molar-refractivity contribution in [2.45, 2.75) is 84.8 Å². The van der Waals surface area contributed by atoms with Gasteiger partial charge in [-0.25, -0.2) is 0 Å². The number of allylic oxidation sites excluding steroid dienone is 6. The summed E-state index contributed by atoms with van der Waals surface area (Å²) in [7, 11) is 0. The van der Waals surface area contributed by atoms with E-state index in [1.54, 1.807) is 0 Å². The van der Waals surface area contributed by atoms with Crippen LogP contribution in [0.4, 0.5) is 0 Å². The summed E-state index contributed by atoms with van der Waals surface area (Å²) in [5, 5.41) is 0. The highest BCUT2D eigenvalue weighted by Gasteiger charge is 2.50. The van der Waals surface area contributed by atoms with Crippen LogP contribution in [0.25, 0.3) is 0 Å². The fourth-order valence-electron chi connectivity index (χ4n) is 3.27. The lowest BCUT2D eigenvalue weighted by atomic mass is 9.93. The van der Waals surface area contributed by atoms with Crippen LogP contribution in [-0.2, 0) is 9.53 Å². The van der Waals surface area contributed by atoms with Gasteiger partial charge in [-0.15, -0.1) is 0 Å². The number of ether oxygens (including phenoxy) is 1. The molecule has 0 aromatic heterocycles. The lowest BCUT2D eigenvalue weighted by Crippen LogP contribution is -2.10. The van der Waals surface area contributed by atoms with E-state index in [2.05, 4.69) is 26.8 Å². The summed E-state index contributed by atoms with van der Waals surface area (Å²) >= 11 is 0. The number of carbonyl (C=O) groups excluding carboxylic acids is 1. The second-order valence-corrected chi connectivity index (χ2v) is 7.38. The van der Waals surface area contributed by atoms with Gasteiger partial charge in [0.1, 0.15) is 0 Å². The zero-order chi connectivity index (χ0) is 16.3.